The van der Waals surface area contributed by atoms with E-state index >= 15 is 0 Å². The van der Waals surface area contributed by atoms with Crippen LogP contribution in [0.25, 0.3) is 0 Å². The minimum Gasteiger partial charge on any atom is -0.465 e. The molecule has 1 amide bonds. The van der Waals surface area contributed by atoms with Gasteiger partial charge in [-0.3, -0.25) is 19.1 Å². The maximum atomic E-state index is 12.6. The molecule has 23 heavy (non-hydrogen) atoms. The topological polar surface area (TPSA) is 101 Å². The standard InChI is InChI=1S/C15H15N5O3/c1-2-23-15(22)10-20(12-6-4-3-5-7-12)14(21)9-19-11-17-18-13(19)8-16/h3-7,11H,2,9-10H2,1H3. The second-order valence-electron chi connectivity index (χ2n) is 4.51. The molecule has 0 spiro atoms. The highest BCUT2D eigenvalue weighted by Crippen LogP contribution is 2.14. The smallest absolute Gasteiger partial charge is 0.326 e. The molecule has 8 heteroatoms. The Morgan fingerprint density at radius 1 is 1.35 bits per heavy atom. The van der Waals surface area contributed by atoms with Gasteiger partial charge in [-0.2, -0.15) is 5.26 Å². The fraction of sp³-hybridized carbons (Fsp3) is 0.267. The van der Waals surface area contributed by atoms with Crippen molar-refractivity contribution in [3.8, 4) is 6.07 Å². The Labute approximate surface area is 132 Å². The lowest BCUT2D eigenvalue weighted by Gasteiger charge is -2.22. The van der Waals surface area contributed by atoms with E-state index in [2.05, 4.69) is 10.2 Å². The van der Waals surface area contributed by atoms with Crippen molar-refractivity contribution in [3.05, 3.63) is 42.5 Å². The van der Waals surface area contributed by atoms with Gasteiger partial charge in [-0.1, -0.05) is 18.2 Å². The number of aromatic nitrogens is 3. The third-order valence-electron chi connectivity index (χ3n) is 2.98. The highest BCUT2D eigenvalue weighted by atomic mass is 16.5. The van der Waals surface area contributed by atoms with Crippen LogP contribution in [0.3, 0.4) is 0 Å². The molecule has 118 valence electrons. The van der Waals surface area contributed by atoms with Crippen molar-refractivity contribution in [3.63, 3.8) is 0 Å². The third kappa shape index (κ3) is 4.14. The van der Waals surface area contributed by atoms with E-state index in [1.165, 1.54) is 15.8 Å². The van der Waals surface area contributed by atoms with Crippen molar-refractivity contribution in [2.45, 2.75) is 13.5 Å². The van der Waals surface area contributed by atoms with Gasteiger partial charge in [0.05, 0.1) is 6.61 Å². The van der Waals surface area contributed by atoms with E-state index in [0.29, 0.717) is 5.69 Å². The summed E-state index contributed by atoms with van der Waals surface area (Å²) in [4.78, 5) is 25.6. The van der Waals surface area contributed by atoms with Crippen LogP contribution in [0.15, 0.2) is 36.7 Å². The van der Waals surface area contributed by atoms with Crippen LogP contribution in [0.4, 0.5) is 5.69 Å². The molecule has 1 heterocycles. The first-order chi connectivity index (χ1) is 11.2. The SMILES string of the molecule is CCOC(=O)CN(C(=O)Cn1cnnc1C#N)c1ccccc1. The summed E-state index contributed by atoms with van der Waals surface area (Å²) in [6.07, 6.45) is 1.30. The Morgan fingerprint density at radius 3 is 2.74 bits per heavy atom. The second-order valence-corrected chi connectivity index (χ2v) is 4.51. The lowest BCUT2D eigenvalue weighted by atomic mass is 10.2. The Kier molecular flexibility index (Phi) is 5.41. The first kappa shape index (κ1) is 16.2. The molecule has 0 unspecified atom stereocenters. The number of rotatable bonds is 6. The molecular weight excluding hydrogens is 298 g/mol. The van der Waals surface area contributed by atoms with Crippen LogP contribution in [0.5, 0.6) is 0 Å². The molecular formula is C15H15N5O3. The van der Waals surface area contributed by atoms with Gasteiger partial charge in [0.25, 0.3) is 0 Å². The van der Waals surface area contributed by atoms with Crippen LogP contribution in [0.2, 0.25) is 0 Å². The fourth-order valence-electron chi connectivity index (χ4n) is 1.96. The van der Waals surface area contributed by atoms with E-state index in [1.54, 1.807) is 31.2 Å². The molecule has 2 aromatic rings. The summed E-state index contributed by atoms with van der Waals surface area (Å²) in [6.45, 7) is 1.58. The molecule has 0 aliphatic heterocycles. The number of nitrogens with zero attached hydrogens (tertiary/aromatic N) is 5. The van der Waals surface area contributed by atoms with E-state index in [9.17, 15) is 9.59 Å². The molecule has 0 fully saturated rings. The maximum Gasteiger partial charge on any atom is 0.326 e. The zero-order valence-electron chi connectivity index (χ0n) is 12.5. The molecule has 0 radical (unpaired) electrons. The minimum absolute atomic E-state index is 0.0301. The number of carbonyl (C=O) groups excluding carboxylic acids is 2. The van der Waals surface area contributed by atoms with Gasteiger partial charge in [-0.25, -0.2) is 0 Å². The van der Waals surface area contributed by atoms with Crippen molar-refractivity contribution in [1.29, 1.82) is 5.26 Å². The van der Waals surface area contributed by atoms with Crippen LogP contribution in [-0.4, -0.2) is 39.8 Å². The van der Waals surface area contributed by atoms with E-state index in [4.69, 9.17) is 10.00 Å². The van der Waals surface area contributed by atoms with Crippen LogP contribution < -0.4 is 4.90 Å². The normalized spacial score (nSPS) is 9.91. The Hall–Kier alpha value is -3.21. The summed E-state index contributed by atoms with van der Waals surface area (Å²) in [5.41, 5.74) is 0.567. The summed E-state index contributed by atoms with van der Waals surface area (Å²) in [5.74, 6) is -0.850. The van der Waals surface area contributed by atoms with Gasteiger partial charge in [0.1, 0.15) is 25.5 Å². The average Bonchev–Trinajstić information content (AvgIpc) is 3.00. The summed E-state index contributed by atoms with van der Waals surface area (Å²) in [6, 6.07) is 10.6. The van der Waals surface area contributed by atoms with Crippen LogP contribution in [0.1, 0.15) is 12.7 Å². The second kappa shape index (κ2) is 7.70. The lowest BCUT2D eigenvalue weighted by Crippen LogP contribution is -2.38. The summed E-state index contributed by atoms with van der Waals surface area (Å²) < 4.78 is 6.23. The first-order valence-electron chi connectivity index (χ1n) is 6.94. The molecule has 0 saturated heterocycles. The molecule has 0 N–H and O–H groups in total. The number of amides is 1. The number of carbonyl (C=O) groups is 2. The van der Waals surface area contributed by atoms with Gasteiger partial charge < -0.3 is 4.74 Å². The monoisotopic (exact) mass is 313 g/mol. The van der Waals surface area contributed by atoms with Crippen molar-refractivity contribution in [2.24, 2.45) is 0 Å². The largest absolute Gasteiger partial charge is 0.465 e. The highest BCUT2D eigenvalue weighted by Gasteiger charge is 2.21. The first-order valence-corrected chi connectivity index (χ1v) is 6.94. The Balaban J connectivity index is 2.21. The van der Waals surface area contributed by atoms with E-state index in [1.807, 2.05) is 12.1 Å². The maximum absolute atomic E-state index is 12.6. The summed E-state index contributed by atoms with van der Waals surface area (Å²) in [7, 11) is 0. The van der Waals surface area contributed by atoms with Gasteiger partial charge in [0.2, 0.25) is 11.7 Å². The van der Waals surface area contributed by atoms with Gasteiger partial charge in [0, 0.05) is 5.69 Å². The Morgan fingerprint density at radius 2 is 2.09 bits per heavy atom. The predicted octanol–water partition coefficient (Wildman–Crippen LogP) is 0.746. The van der Waals surface area contributed by atoms with E-state index in [-0.39, 0.29) is 31.4 Å². The number of para-hydroxylation sites is 1. The number of anilines is 1. The predicted molar refractivity (Wildman–Crippen MR) is 80.2 cm³/mol. The molecule has 0 atom stereocenters. The number of nitriles is 1. The van der Waals surface area contributed by atoms with Crippen LogP contribution in [-0.2, 0) is 20.9 Å². The van der Waals surface area contributed by atoms with Gasteiger partial charge in [-0.15, -0.1) is 10.2 Å². The Bertz CT molecular complexity index is 720. The summed E-state index contributed by atoms with van der Waals surface area (Å²) in [5, 5.41) is 16.1. The molecule has 1 aromatic heterocycles. The molecule has 0 aliphatic rings. The number of ether oxygens (including phenoxy) is 1. The van der Waals surface area contributed by atoms with Crippen molar-refractivity contribution < 1.29 is 14.3 Å². The molecule has 0 saturated carbocycles. The van der Waals surface area contributed by atoms with Crippen LogP contribution >= 0.6 is 0 Å². The van der Waals surface area contributed by atoms with Crippen molar-refractivity contribution >= 4 is 17.6 Å². The molecule has 0 bridgehead atoms. The average molecular weight is 313 g/mol. The lowest BCUT2D eigenvalue weighted by molar-refractivity contribution is -0.142. The molecule has 0 aliphatic carbocycles. The molecule has 2 rings (SSSR count). The zero-order valence-corrected chi connectivity index (χ0v) is 12.5. The number of benzene rings is 1. The fourth-order valence-corrected chi connectivity index (χ4v) is 1.96. The minimum atomic E-state index is -0.506. The number of esters is 1. The summed E-state index contributed by atoms with van der Waals surface area (Å²) >= 11 is 0. The zero-order chi connectivity index (χ0) is 16.7. The van der Waals surface area contributed by atoms with E-state index < -0.39 is 5.97 Å². The van der Waals surface area contributed by atoms with Crippen LogP contribution in [0, 0.1) is 11.3 Å². The number of hydrogen-bond acceptors (Lipinski definition) is 6. The van der Waals surface area contributed by atoms with Gasteiger partial charge >= 0.3 is 5.97 Å². The van der Waals surface area contributed by atoms with Crippen molar-refractivity contribution in [1.82, 2.24) is 14.8 Å². The number of hydrogen-bond donors (Lipinski definition) is 0. The quantitative estimate of drug-likeness (QED) is 0.729. The molecule has 8 nitrogen and oxygen atoms in total. The molecule has 1 aromatic carbocycles. The van der Waals surface area contributed by atoms with E-state index in [0.717, 1.165) is 0 Å². The third-order valence-corrected chi connectivity index (χ3v) is 2.98. The highest BCUT2D eigenvalue weighted by molar-refractivity contribution is 5.97. The van der Waals surface area contributed by atoms with Gasteiger partial charge in [0.15, 0.2) is 0 Å². The van der Waals surface area contributed by atoms with Gasteiger partial charge in [-0.05, 0) is 19.1 Å². The van der Waals surface area contributed by atoms with Crippen molar-refractivity contribution in [2.75, 3.05) is 18.1 Å².